The Morgan fingerprint density at radius 1 is 1.37 bits per heavy atom. The zero-order valence-corrected chi connectivity index (χ0v) is 11.8. The van der Waals surface area contributed by atoms with Gasteiger partial charge in [0.05, 0.1) is 6.61 Å². The van der Waals surface area contributed by atoms with Crippen LogP contribution in [0.1, 0.15) is 36.9 Å². The largest absolute Gasteiger partial charge is 0.490 e. The van der Waals surface area contributed by atoms with Crippen LogP contribution in [0.3, 0.4) is 0 Å². The second kappa shape index (κ2) is 5.51. The molecular formula is C16H23NO2. The predicted octanol–water partition coefficient (Wildman–Crippen LogP) is 2.70. The molecule has 0 saturated carbocycles. The first-order valence-electron chi connectivity index (χ1n) is 7.32. The summed E-state index contributed by atoms with van der Waals surface area (Å²) in [5, 5.41) is 3.47. The van der Waals surface area contributed by atoms with Gasteiger partial charge in [0.1, 0.15) is 11.9 Å². The highest BCUT2D eigenvalue weighted by atomic mass is 16.5. The quantitative estimate of drug-likeness (QED) is 0.907. The van der Waals surface area contributed by atoms with Crippen LogP contribution in [0.5, 0.6) is 5.75 Å². The van der Waals surface area contributed by atoms with Gasteiger partial charge in [0.2, 0.25) is 0 Å². The van der Waals surface area contributed by atoms with E-state index in [1.54, 1.807) is 0 Å². The van der Waals surface area contributed by atoms with Crippen LogP contribution >= 0.6 is 0 Å². The van der Waals surface area contributed by atoms with E-state index in [2.05, 4.69) is 30.4 Å². The van der Waals surface area contributed by atoms with Crippen LogP contribution in [0.4, 0.5) is 0 Å². The summed E-state index contributed by atoms with van der Waals surface area (Å²) < 4.78 is 11.4. The molecule has 3 atom stereocenters. The normalized spacial score (nSPS) is 27.7. The third-order valence-corrected chi connectivity index (χ3v) is 4.26. The van der Waals surface area contributed by atoms with Gasteiger partial charge in [0, 0.05) is 25.0 Å². The number of nitrogens with one attached hydrogen (secondary N) is 1. The first kappa shape index (κ1) is 12.9. The van der Waals surface area contributed by atoms with Crippen molar-refractivity contribution in [2.75, 3.05) is 20.3 Å². The molecule has 3 heteroatoms. The van der Waals surface area contributed by atoms with Crippen molar-refractivity contribution in [3.63, 3.8) is 0 Å². The monoisotopic (exact) mass is 261 g/mol. The van der Waals surface area contributed by atoms with Gasteiger partial charge in [-0.15, -0.1) is 0 Å². The fraction of sp³-hybridized carbons (Fsp3) is 0.625. The predicted molar refractivity (Wildman–Crippen MR) is 75.6 cm³/mol. The van der Waals surface area contributed by atoms with Crippen LogP contribution < -0.4 is 10.1 Å². The van der Waals surface area contributed by atoms with Crippen molar-refractivity contribution in [1.29, 1.82) is 0 Å². The number of ether oxygens (including phenoxy) is 2. The summed E-state index contributed by atoms with van der Waals surface area (Å²) in [5.41, 5.74) is 2.72. The summed E-state index contributed by atoms with van der Waals surface area (Å²) in [7, 11) is 2.05. The lowest BCUT2D eigenvalue weighted by molar-refractivity contribution is 0.0402. The zero-order chi connectivity index (χ0) is 13.2. The van der Waals surface area contributed by atoms with Gasteiger partial charge in [0.15, 0.2) is 0 Å². The van der Waals surface area contributed by atoms with Gasteiger partial charge < -0.3 is 14.8 Å². The lowest BCUT2D eigenvalue weighted by Crippen LogP contribution is -2.31. The Balaban J connectivity index is 1.81. The number of benzene rings is 1. The highest BCUT2D eigenvalue weighted by Crippen LogP contribution is 2.34. The van der Waals surface area contributed by atoms with Crippen molar-refractivity contribution in [2.24, 2.45) is 5.92 Å². The highest BCUT2D eigenvalue weighted by molar-refractivity contribution is 5.41. The molecule has 19 heavy (non-hydrogen) atoms. The van der Waals surface area contributed by atoms with Crippen LogP contribution in [0.25, 0.3) is 0 Å². The highest BCUT2D eigenvalue weighted by Gasteiger charge is 2.26. The Morgan fingerprint density at radius 3 is 3.00 bits per heavy atom. The number of hydrogen-bond donors (Lipinski definition) is 1. The van der Waals surface area contributed by atoms with E-state index in [-0.39, 0.29) is 0 Å². The number of fused-ring (bicyclic) bond motifs is 1. The molecule has 0 spiro atoms. The topological polar surface area (TPSA) is 30.5 Å². The SMILES string of the molecule is CNC(c1ccc2c(c1)CC(C)O2)C1CCCOC1. The fourth-order valence-electron chi connectivity index (χ4n) is 3.34. The maximum Gasteiger partial charge on any atom is 0.123 e. The van der Waals surface area contributed by atoms with Gasteiger partial charge in [-0.05, 0) is 44.0 Å². The van der Waals surface area contributed by atoms with Gasteiger partial charge in [-0.2, -0.15) is 0 Å². The minimum atomic E-state index is 0.316. The molecule has 0 radical (unpaired) electrons. The first-order valence-corrected chi connectivity index (χ1v) is 7.32. The van der Waals surface area contributed by atoms with E-state index < -0.39 is 0 Å². The van der Waals surface area contributed by atoms with E-state index in [0.717, 1.165) is 25.4 Å². The van der Waals surface area contributed by atoms with Gasteiger partial charge in [0.25, 0.3) is 0 Å². The average molecular weight is 261 g/mol. The van der Waals surface area contributed by atoms with Crippen LogP contribution in [0, 0.1) is 5.92 Å². The van der Waals surface area contributed by atoms with E-state index in [1.165, 1.54) is 24.0 Å². The molecule has 3 rings (SSSR count). The van der Waals surface area contributed by atoms with E-state index in [1.807, 2.05) is 7.05 Å². The minimum absolute atomic E-state index is 0.316. The van der Waals surface area contributed by atoms with Crippen molar-refractivity contribution in [3.8, 4) is 5.75 Å². The molecular weight excluding hydrogens is 238 g/mol. The summed E-state index contributed by atoms with van der Waals surface area (Å²) >= 11 is 0. The molecule has 104 valence electrons. The molecule has 1 aromatic carbocycles. The maximum atomic E-state index is 5.78. The molecule has 0 bridgehead atoms. The van der Waals surface area contributed by atoms with Gasteiger partial charge in [-0.25, -0.2) is 0 Å². The molecule has 1 saturated heterocycles. The molecule has 0 aliphatic carbocycles. The Bertz CT molecular complexity index is 440. The van der Waals surface area contributed by atoms with E-state index >= 15 is 0 Å². The Morgan fingerprint density at radius 2 is 2.26 bits per heavy atom. The molecule has 1 aromatic rings. The fourth-order valence-corrected chi connectivity index (χ4v) is 3.34. The van der Waals surface area contributed by atoms with Crippen molar-refractivity contribution in [3.05, 3.63) is 29.3 Å². The summed E-state index contributed by atoms with van der Waals surface area (Å²) in [6.07, 6.45) is 3.76. The van der Waals surface area contributed by atoms with Gasteiger partial charge in [-0.1, -0.05) is 12.1 Å². The molecule has 2 aliphatic heterocycles. The Kier molecular flexibility index (Phi) is 3.76. The number of hydrogen-bond acceptors (Lipinski definition) is 3. The average Bonchev–Trinajstić information content (AvgIpc) is 2.80. The van der Waals surface area contributed by atoms with Crippen molar-refractivity contribution < 1.29 is 9.47 Å². The van der Waals surface area contributed by atoms with Crippen molar-refractivity contribution >= 4 is 0 Å². The summed E-state index contributed by atoms with van der Waals surface area (Å²) in [6, 6.07) is 7.03. The molecule has 3 nitrogen and oxygen atoms in total. The first-order chi connectivity index (χ1) is 9.28. The molecule has 3 unspecified atom stereocenters. The smallest absolute Gasteiger partial charge is 0.123 e. The van der Waals surface area contributed by atoms with Crippen LogP contribution in [-0.2, 0) is 11.2 Å². The summed E-state index contributed by atoms with van der Waals surface area (Å²) in [4.78, 5) is 0. The second-order valence-electron chi connectivity index (χ2n) is 5.74. The van der Waals surface area contributed by atoms with Gasteiger partial charge >= 0.3 is 0 Å². The second-order valence-corrected chi connectivity index (χ2v) is 5.74. The standard InChI is InChI=1S/C16H23NO2/c1-11-8-14-9-12(5-6-15(14)19-11)16(17-2)13-4-3-7-18-10-13/h5-6,9,11,13,16-17H,3-4,7-8,10H2,1-2H3. The van der Waals surface area contributed by atoms with Crippen molar-refractivity contribution in [1.82, 2.24) is 5.32 Å². The Hall–Kier alpha value is -1.06. The molecule has 0 amide bonds. The maximum absolute atomic E-state index is 5.78. The lowest BCUT2D eigenvalue weighted by Gasteiger charge is -2.30. The van der Waals surface area contributed by atoms with E-state index in [9.17, 15) is 0 Å². The molecule has 2 heterocycles. The van der Waals surface area contributed by atoms with Crippen molar-refractivity contribution in [2.45, 2.75) is 38.3 Å². The van der Waals surface area contributed by atoms with Crippen LogP contribution in [0.2, 0.25) is 0 Å². The Labute approximate surface area is 115 Å². The van der Waals surface area contributed by atoms with Crippen LogP contribution in [-0.4, -0.2) is 26.4 Å². The zero-order valence-electron chi connectivity index (χ0n) is 11.8. The molecule has 1 fully saturated rings. The third-order valence-electron chi connectivity index (χ3n) is 4.26. The van der Waals surface area contributed by atoms with E-state index in [0.29, 0.717) is 18.1 Å². The third kappa shape index (κ3) is 2.63. The minimum Gasteiger partial charge on any atom is -0.490 e. The van der Waals surface area contributed by atoms with Crippen LogP contribution in [0.15, 0.2) is 18.2 Å². The molecule has 1 N–H and O–H groups in total. The molecule has 0 aromatic heterocycles. The van der Waals surface area contributed by atoms with Gasteiger partial charge in [-0.3, -0.25) is 0 Å². The summed E-state index contributed by atoms with van der Waals surface area (Å²) in [6.45, 7) is 3.92. The molecule has 2 aliphatic rings. The lowest BCUT2D eigenvalue weighted by atomic mass is 9.88. The number of rotatable bonds is 3. The van der Waals surface area contributed by atoms with E-state index in [4.69, 9.17) is 9.47 Å². The summed E-state index contributed by atoms with van der Waals surface area (Å²) in [5.74, 6) is 1.64.